The van der Waals surface area contributed by atoms with Crippen molar-refractivity contribution in [1.29, 1.82) is 0 Å². The Hall–Kier alpha value is -0.520. The van der Waals surface area contributed by atoms with Gasteiger partial charge < -0.3 is 10.6 Å². The summed E-state index contributed by atoms with van der Waals surface area (Å²) in [5, 5.41) is 0. The average Bonchev–Trinajstić information content (AvgIpc) is 1.82. The predicted molar refractivity (Wildman–Crippen MR) is 44.6 cm³/mol. The zero-order valence-corrected chi connectivity index (χ0v) is 7.02. The van der Waals surface area contributed by atoms with E-state index in [1.165, 1.54) is 0 Å². The third-order valence-electron chi connectivity index (χ3n) is 1.14. The maximum Gasteiger partial charge on any atom is 0.0278 e. The molecule has 10 heavy (non-hydrogen) atoms. The Labute approximate surface area is 63.4 Å². The second kappa shape index (κ2) is 5.28. The summed E-state index contributed by atoms with van der Waals surface area (Å²) in [4.78, 5) is 2.07. The van der Waals surface area contributed by atoms with E-state index >= 15 is 0 Å². The average molecular weight is 140 g/mol. The maximum atomic E-state index is 5.72. The molecule has 0 radical (unpaired) electrons. The van der Waals surface area contributed by atoms with Crippen molar-refractivity contribution in [2.75, 3.05) is 20.6 Å². The number of nitrogens with zero attached hydrogens (tertiary/aromatic N) is 1. The van der Waals surface area contributed by atoms with Gasteiger partial charge in [0.25, 0.3) is 0 Å². The number of nitrogens with two attached hydrogens (primary N) is 1. The molecular formula is C8H16N2. The molecule has 1 unspecified atom stereocenters. The van der Waals surface area contributed by atoms with Gasteiger partial charge in [0.1, 0.15) is 0 Å². The van der Waals surface area contributed by atoms with Gasteiger partial charge in [-0.1, -0.05) is 0 Å². The lowest BCUT2D eigenvalue weighted by Gasteiger charge is -2.13. The Morgan fingerprint density at radius 2 is 2.10 bits per heavy atom. The highest BCUT2D eigenvalue weighted by molar-refractivity contribution is 4.97. The fourth-order valence-corrected chi connectivity index (χ4v) is 0.767. The second-order valence-corrected chi connectivity index (χ2v) is 2.65. The van der Waals surface area contributed by atoms with Crippen LogP contribution in [0.3, 0.4) is 0 Å². The van der Waals surface area contributed by atoms with Gasteiger partial charge >= 0.3 is 0 Å². The third-order valence-corrected chi connectivity index (χ3v) is 1.14. The summed E-state index contributed by atoms with van der Waals surface area (Å²) in [5.41, 5.74) is 5.72. The Morgan fingerprint density at radius 1 is 1.50 bits per heavy atom. The van der Waals surface area contributed by atoms with Crippen LogP contribution < -0.4 is 5.73 Å². The van der Waals surface area contributed by atoms with Crippen LogP contribution in [0.25, 0.3) is 0 Å². The summed E-state index contributed by atoms with van der Waals surface area (Å²) in [5.74, 6) is 5.78. The summed E-state index contributed by atoms with van der Waals surface area (Å²) in [6.07, 6.45) is 0.800. The normalized spacial score (nSPS) is 12.5. The van der Waals surface area contributed by atoms with E-state index in [0.29, 0.717) is 0 Å². The Bertz CT molecular complexity index is 130. The first-order chi connectivity index (χ1) is 4.66. The zero-order valence-electron chi connectivity index (χ0n) is 7.02. The van der Waals surface area contributed by atoms with Crippen LogP contribution in [0.2, 0.25) is 0 Å². The van der Waals surface area contributed by atoms with Crippen molar-refractivity contribution in [3.63, 3.8) is 0 Å². The predicted octanol–water partition coefficient (Wildman–Crippen LogP) is 0.289. The van der Waals surface area contributed by atoms with Crippen molar-refractivity contribution in [2.45, 2.75) is 19.4 Å². The highest BCUT2D eigenvalue weighted by Gasteiger charge is 1.99. The molecule has 58 valence electrons. The molecular weight excluding hydrogens is 124 g/mol. The van der Waals surface area contributed by atoms with Crippen molar-refractivity contribution in [3.05, 3.63) is 0 Å². The van der Waals surface area contributed by atoms with Crippen LogP contribution in [0.5, 0.6) is 0 Å². The largest absolute Gasteiger partial charge is 0.326 e. The minimum atomic E-state index is 0.197. The number of likely N-dealkylation sites (N-methyl/N-ethyl adjacent to an activating group) is 1. The molecule has 0 amide bonds. The molecule has 0 bridgehead atoms. The fraction of sp³-hybridized carbons (Fsp3) is 0.750. The van der Waals surface area contributed by atoms with Gasteiger partial charge in [-0.2, -0.15) is 0 Å². The molecule has 0 rings (SSSR count). The van der Waals surface area contributed by atoms with E-state index in [1.54, 1.807) is 0 Å². The lowest BCUT2D eigenvalue weighted by atomic mass is 10.2. The van der Waals surface area contributed by atoms with Gasteiger partial charge in [-0.05, 0) is 21.0 Å². The molecule has 0 saturated heterocycles. The second-order valence-electron chi connectivity index (χ2n) is 2.65. The lowest BCUT2D eigenvalue weighted by molar-refractivity contribution is 0.375. The Balaban J connectivity index is 3.40. The topological polar surface area (TPSA) is 29.3 Å². The van der Waals surface area contributed by atoms with E-state index in [1.807, 2.05) is 21.0 Å². The molecule has 0 aromatic rings. The van der Waals surface area contributed by atoms with Crippen LogP contribution >= 0.6 is 0 Å². The van der Waals surface area contributed by atoms with Crippen LogP contribution in [0.15, 0.2) is 0 Å². The van der Waals surface area contributed by atoms with E-state index < -0.39 is 0 Å². The molecule has 1 atom stereocenters. The van der Waals surface area contributed by atoms with Crippen molar-refractivity contribution in [3.8, 4) is 11.8 Å². The highest BCUT2D eigenvalue weighted by atomic mass is 15.1. The quantitative estimate of drug-likeness (QED) is 0.571. The molecule has 0 spiro atoms. The van der Waals surface area contributed by atoms with Crippen LogP contribution in [0, 0.1) is 11.8 Å². The van der Waals surface area contributed by atoms with Crippen molar-refractivity contribution in [1.82, 2.24) is 4.90 Å². The van der Waals surface area contributed by atoms with Crippen molar-refractivity contribution >= 4 is 0 Å². The van der Waals surface area contributed by atoms with E-state index in [-0.39, 0.29) is 6.04 Å². The van der Waals surface area contributed by atoms with Crippen LogP contribution in [0.4, 0.5) is 0 Å². The molecule has 0 aliphatic heterocycles. The van der Waals surface area contributed by atoms with Gasteiger partial charge in [0.05, 0.1) is 0 Å². The van der Waals surface area contributed by atoms with Crippen LogP contribution in [-0.4, -0.2) is 31.6 Å². The van der Waals surface area contributed by atoms with Gasteiger partial charge in [-0.15, -0.1) is 11.8 Å². The molecule has 0 fully saturated rings. The summed E-state index contributed by atoms with van der Waals surface area (Å²) >= 11 is 0. The molecule has 2 heteroatoms. The maximum absolute atomic E-state index is 5.72. The molecule has 2 nitrogen and oxygen atoms in total. The number of hydrogen-bond acceptors (Lipinski definition) is 2. The summed E-state index contributed by atoms with van der Waals surface area (Å²) < 4.78 is 0. The van der Waals surface area contributed by atoms with Gasteiger partial charge in [0, 0.05) is 19.0 Å². The Kier molecular flexibility index (Phi) is 5.00. The molecule has 2 N–H and O–H groups in total. The smallest absolute Gasteiger partial charge is 0.0278 e. The first-order valence-electron chi connectivity index (χ1n) is 3.46. The number of hydrogen-bond donors (Lipinski definition) is 1. The highest BCUT2D eigenvalue weighted by Crippen LogP contribution is 1.87. The first-order valence-corrected chi connectivity index (χ1v) is 3.46. The van der Waals surface area contributed by atoms with Gasteiger partial charge in [-0.25, -0.2) is 0 Å². The lowest BCUT2D eigenvalue weighted by Crippen LogP contribution is -2.32. The zero-order chi connectivity index (χ0) is 7.98. The fourth-order valence-electron chi connectivity index (χ4n) is 0.767. The van der Waals surface area contributed by atoms with Gasteiger partial charge in [-0.3, -0.25) is 0 Å². The molecule has 0 aromatic carbocycles. The minimum Gasteiger partial charge on any atom is -0.326 e. The molecule has 0 heterocycles. The van der Waals surface area contributed by atoms with Gasteiger partial charge in [0.2, 0.25) is 0 Å². The molecule has 0 saturated carbocycles. The van der Waals surface area contributed by atoms with Crippen molar-refractivity contribution < 1.29 is 0 Å². The standard InChI is InChI=1S/C8H16N2/c1-4-5-6-8(9)7-10(2)3/h8H,6-7,9H2,1-3H3. The summed E-state index contributed by atoms with van der Waals surface area (Å²) in [6.45, 7) is 2.75. The summed E-state index contributed by atoms with van der Waals surface area (Å²) in [6, 6.07) is 0.197. The third kappa shape index (κ3) is 5.61. The number of rotatable bonds is 3. The minimum absolute atomic E-state index is 0.197. The Morgan fingerprint density at radius 3 is 2.50 bits per heavy atom. The van der Waals surface area contributed by atoms with E-state index in [9.17, 15) is 0 Å². The molecule has 0 aliphatic carbocycles. The van der Waals surface area contributed by atoms with Crippen LogP contribution in [0.1, 0.15) is 13.3 Å². The SMILES string of the molecule is CC#CCC(N)CN(C)C. The van der Waals surface area contributed by atoms with E-state index in [4.69, 9.17) is 5.73 Å². The van der Waals surface area contributed by atoms with Crippen LogP contribution in [-0.2, 0) is 0 Å². The summed E-state index contributed by atoms with van der Waals surface area (Å²) in [7, 11) is 4.03. The molecule has 0 aromatic heterocycles. The van der Waals surface area contributed by atoms with Gasteiger partial charge in [0.15, 0.2) is 0 Å². The van der Waals surface area contributed by atoms with E-state index in [0.717, 1.165) is 13.0 Å². The first kappa shape index (κ1) is 9.48. The van der Waals surface area contributed by atoms with Crippen molar-refractivity contribution in [2.24, 2.45) is 5.73 Å². The van der Waals surface area contributed by atoms with E-state index in [2.05, 4.69) is 16.7 Å². The molecule has 0 aliphatic rings. The monoisotopic (exact) mass is 140 g/mol.